The smallest absolute Gasteiger partial charge is 0.328 e. The number of ether oxygens (including phenoxy) is 1. The number of amides is 1. The molecule has 1 aromatic carbocycles. The highest BCUT2D eigenvalue weighted by Crippen LogP contribution is 2.22. The summed E-state index contributed by atoms with van der Waals surface area (Å²) in [6.07, 6.45) is 2.00. The van der Waals surface area contributed by atoms with Crippen molar-refractivity contribution in [1.82, 2.24) is 5.32 Å². The largest absolute Gasteiger partial charge is 0.461 e. The molecule has 1 N–H and O–H groups in total. The first-order chi connectivity index (χ1) is 11.3. The molecule has 0 aliphatic carbocycles. The van der Waals surface area contributed by atoms with Crippen LogP contribution in [0.2, 0.25) is 5.02 Å². The standard InChI is InChI=1S/C15H19ClN2O5S/c1-9(2)23-15(20)13(6-7-24-3)17-14(19)11-5-4-10(18(21)22)8-12(11)16/h4-5,8-9,13H,6-7H2,1-3H3,(H,17,19). The van der Waals surface area contributed by atoms with Gasteiger partial charge >= 0.3 is 5.97 Å². The lowest BCUT2D eigenvalue weighted by atomic mass is 10.1. The molecule has 1 aromatic rings. The Morgan fingerprint density at radius 1 is 1.42 bits per heavy atom. The molecule has 1 rings (SSSR count). The number of carbonyl (C=O) groups is 2. The van der Waals surface area contributed by atoms with Crippen LogP contribution in [0.3, 0.4) is 0 Å². The topological polar surface area (TPSA) is 98.5 Å². The SMILES string of the molecule is CSCCC(NC(=O)c1ccc([N+](=O)[O-])cc1Cl)C(=O)OC(C)C. The average Bonchev–Trinajstić information content (AvgIpc) is 2.50. The van der Waals surface area contributed by atoms with Crippen molar-refractivity contribution < 1.29 is 19.2 Å². The highest BCUT2D eigenvalue weighted by atomic mass is 35.5. The van der Waals surface area contributed by atoms with Crippen molar-refractivity contribution in [2.75, 3.05) is 12.0 Å². The van der Waals surface area contributed by atoms with E-state index in [0.29, 0.717) is 12.2 Å². The molecule has 24 heavy (non-hydrogen) atoms. The van der Waals surface area contributed by atoms with Gasteiger partial charge in [0.05, 0.1) is 21.6 Å². The Labute approximate surface area is 149 Å². The van der Waals surface area contributed by atoms with Crippen LogP contribution >= 0.6 is 23.4 Å². The third-order valence-corrected chi connectivity index (χ3v) is 3.92. The van der Waals surface area contributed by atoms with E-state index in [1.807, 2.05) is 6.26 Å². The lowest BCUT2D eigenvalue weighted by Crippen LogP contribution is -2.43. The summed E-state index contributed by atoms with van der Waals surface area (Å²) >= 11 is 7.47. The Morgan fingerprint density at radius 2 is 2.08 bits per heavy atom. The lowest BCUT2D eigenvalue weighted by Gasteiger charge is -2.19. The molecule has 1 amide bonds. The fourth-order valence-electron chi connectivity index (χ4n) is 1.84. The van der Waals surface area contributed by atoms with Gasteiger partial charge in [-0.25, -0.2) is 4.79 Å². The van der Waals surface area contributed by atoms with E-state index in [-0.39, 0.29) is 22.4 Å². The lowest BCUT2D eigenvalue weighted by molar-refractivity contribution is -0.384. The van der Waals surface area contributed by atoms with Crippen LogP contribution in [-0.4, -0.2) is 41.0 Å². The Bertz CT molecular complexity index is 624. The van der Waals surface area contributed by atoms with Crippen LogP contribution in [0.15, 0.2) is 18.2 Å². The number of esters is 1. The number of non-ortho nitro benzene ring substituents is 1. The van der Waals surface area contributed by atoms with E-state index in [4.69, 9.17) is 16.3 Å². The van der Waals surface area contributed by atoms with Gasteiger partial charge in [0.1, 0.15) is 6.04 Å². The van der Waals surface area contributed by atoms with Gasteiger partial charge in [0.15, 0.2) is 0 Å². The van der Waals surface area contributed by atoms with Crippen molar-refractivity contribution in [2.45, 2.75) is 32.4 Å². The van der Waals surface area contributed by atoms with Gasteiger partial charge in [-0.2, -0.15) is 11.8 Å². The number of nitro groups is 1. The van der Waals surface area contributed by atoms with E-state index < -0.39 is 22.8 Å². The summed E-state index contributed by atoms with van der Waals surface area (Å²) in [7, 11) is 0. The summed E-state index contributed by atoms with van der Waals surface area (Å²) in [4.78, 5) is 34.5. The minimum absolute atomic E-state index is 0.0532. The molecular formula is C15H19ClN2O5S. The van der Waals surface area contributed by atoms with Crippen LogP contribution in [0.4, 0.5) is 5.69 Å². The second-order valence-corrected chi connectivity index (χ2v) is 6.61. The minimum atomic E-state index is -0.807. The number of rotatable bonds is 8. The third kappa shape index (κ3) is 6.01. The van der Waals surface area contributed by atoms with Gasteiger partial charge in [-0.1, -0.05) is 11.6 Å². The molecule has 0 fully saturated rings. The molecule has 1 unspecified atom stereocenters. The number of nitrogens with zero attached hydrogens (tertiary/aromatic N) is 1. The molecule has 0 spiro atoms. The van der Waals surface area contributed by atoms with E-state index in [1.54, 1.807) is 13.8 Å². The van der Waals surface area contributed by atoms with Crippen molar-refractivity contribution in [3.63, 3.8) is 0 Å². The highest BCUT2D eigenvalue weighted by Gasteiger charge is 2.24. The minimum Gasteiger partial charge on any atom is -0.461 e. The number of carbonyl (C=O) groups excluding carboxylic acids is 2. The van der Waals surface area contributed by atoms with Gasteiger partial charge < -0.3 is 10.1 Å². The summed E-state index contributed by atoms with van der Waals surface area (Å²) in [6.45, 7) is 3.44. The van der Waals surface area contributed by atoms with E-state index in [2.05, 4.69) is 5.32 Å². The van der Waals surface area contributed by atoms with E-state index in [0.717, 1.165) is 6.07 Å². The molecular weight excluding hydrogens is 356 g/mol. The maximum atomic E-state index is 12.3. The number of nitro benzene ring substituents is 1. The first-order valence-corrected chi connectivity index (χ1v) is 8.97. The fourth-order valence-corrected chi connectivity index (χ4v) is 2.57. The molecule has 7 nitrogen and oxygen atoms in total. The molecule has 0 saturated carbocycles. The molecule has 0 radical (unpaired) electrons. The Hall–Kier alpha value is -1.80. The van der Waals surface area contributed by atoms with Crippen LogP contribution in [0.5, 0.6) is 0 Å². The quantitative estimate of drug-likeness (QED) is 0.426. The van der Waals surface area contributed by atoms with Gasteiger partial charge in [-0.15, -0.1) is 0 Å². The predicted octanol–water partition coefficient (Wildman–Crippen LogP) is 3.05. The summed E-state index contributed by atoms with van der Waals surface area (Å²) in [5, 5.41) is 13.2. The van der Waals surface area contributed by atoms with E-state index in [9.17, 15) is 19.7 Å². The fraction of sp³-hybridized carbons (Fsp3) is 0.467. The summed E-state index contributed by atoms with van der Waals surface area (Å²) in [6, 6.07) is 2.73. The zero-order valence-electron chi connectivity index (χ0n) is 13.6. The van der Waals surface area contributed by atoms with Gasteiger partial charge in [0, 0.05) is 12.1 Å². The molecule has 1 atom stereocenters. The predicted molar refractivity (Wildman–Crippen MR) is 93.6 cm³/mol. The van der Waals surface area contributed by atoms with Crippen LogP contribution in [0.1, 0.15) is 30.6 Å². The molecule has 132 valence electrons. The second kappa shape index (κ2) is 9.48. The van der Waals surface area contributed by atoms with Crippen LogP contribution in [0, 0.1) is 10.1 Å². The second-order valence-electron chi connectivity index (χ2n) is 5.21. The van der Waals surface area contributed by atoms with Crippen LogP contribution < -0.4 is 5.32 Å². The Kier molecular flexibility index (Phi) is 8.00. The summed E-state index contributed by atoms with van der Waals surface area (Å²) in [5.74, 6) is -0.446. The van der Waals surface area contributed by atoms with Gasteiger partial charge in [0.25, 0.3) is 11.6 Å². The number of thioether (sulfide) groups is 1. The zero-order chi connectivity index (χ0) is 18.3. The maximum Gasteiger partial charge on any atom is 0.328 e. The summed E-state index contributed by atoms with van der Waals surface area (Å²) < 4.78 is 5.14. The molecule has 0 saturated heterocycles. The first kappa shape index (κ1) is 20.2. The molecule has 9 heteroatoms. The molecule has 0 aliphatic rings. The number of hydrogen-bond acceptors (Lipinski definition) is 6. The summed E-state index contributed by atoms with van der Waals surface area (Å²) in [5.41, 5.74) is -0.150. The third-order valence-electron chi connectivity index (χ3n) is 2.96. The van der Waals surface area contributed by atoms with Gasteiger partial charge in [-0.05, 0) is 38.3 Å². The number of benzene rings is 1. The molecule has 0 bridgehead atoms. The van der Waals surface area contributed by atoms with Crippen molar-refractivity contribution in [3.8, 4) is 0 Å². The number of hydrogen-bond donors (Lipinski definition) is 1. The Morgan fingerprint density at radius 3 is 2.58 bits per heavy atom. The number of halogens is 1. The maximum absolute atomic E-state index is 12.3. The van der Waals surface area contributed by atoms with E-state index >= 15 is 0 Å². The molecule has 0 aliphatic heterocycles. The zero-order valence-corrected chi connectivity index (χ0v) is 15.1. The van der Waals surface area contributed by atoms with Gasteiger partial charge in [-0.3, -0.25) is 14.9 Å². The van der Waals surface area contributed by atoms with E-state index in [1.165, 1.54) is 23.9 Å². The van der Waals surface area contributed by atoms with Crippen molar-refractivity contribution >= 4 is 40.9 Å². The monoisotopic (exact) mass is 374 g/mol. The highest BCUT2D eigenvalue weighted by molar-refractivity contribution is 7.98. The number of nitrogens with one attached hydrogen (secondary N) is 1. The van der Waals surface area contributed by atoms with Crippen LogP contribution in [0.25, 0.3) is 0 Å². The Balaban J connectivity index is 2.91. The van der Waals surface area contributed by atoms with Crippen LogP contribution in [-0.2, 0) is 9.53 Å². The van der Waals surface area contributed by atoms with Gasteiger partial charge in [0.2, 0.25) is 0 Å². The van der Waals surface area contributed by atoms with Crippen molar-refractivity contribution in [3.05, 3.63) is 38.9 Å². The van der Waals surface area contributed by atoms with Crippen molar-refractivity contribution in [2.24, 2.45) is 0 Å². The molecule has 0 aromatic heterocycles. The normalized spacial score (nSPS) is 11.9. The molecule has 0 heterocycles. The first-order valence-electron chi connectivity index (χ1n) is 7.20. The average molecular weight is 375 g/mol. The van der Waals surface area contributed by atoms with Crippen molar-refractivity contribution in [1.29, 1.82) is 0 Å².